The number of hydrogen-bond acceptors (Lipinski definition) is 4. The lowest BCUT2D eigenvalue weighted by molar-refractivity contribution is 0.0621. The number of benzene rings is 2. The topological polar surface area (TPSA) is 70.5 Å². The van der Waals surface area contributed by atoms with Gasteiger partial charge in [-0.25, -0.2) is 0 Å². The molecule has 1 aliphatic rings. The first-order chi connectivity index (χ1) is 15.0. The number of carbonyl (C=O) groups is 2. The van der Waals surface area contributed by atoms with Crippen LogP contribution in [0.2, 0.25) is 0 Å². The molecule has 7 nitrogen and oxygen atoms in total. The lowest BCUT2D eigenvalue weighted by Crippen LogP contribution is -2.48. The SMILES string of the molecule is Cc1ccccc1CN1CCN(C(=O)c2cc(NC(=O)c3ccccc3)n(C)n2)CC1. The average Bonchev–Trinajstić information content (AvgIpc) is 3.16. The molecule has 0 spiro atoms. The summed E-state index contributed by atoms with van der Waals surface area (Å²) >= 11 is 0. The summed E-state index contributed by atoms with van der Waals surface area (Å²) in [6, 6.07) is 19.0. The quantitative estimate of drug-likeness (QED) is 0.693. The number of rotatable bonds is 5. The fourth-order valence-corrected chi connectivity index (χ4v) is 3.77. The minimum Gasteiger partial charge on any atom is -0.335 e. The Hall–Kier alpha value is -3.45. The number of carbonyl (C=O) groups excluding carboxylic acids is 2. The number of amides is 2. The third-order valence-corrected chi connectivity index (χ3v) is 5.69. The lowest BCUT2D eigenvalue weighted by atomic mass is 10.1. The number of nitrogens with one attached hydrogen (secondary N) is 1. The van der Waals surface area contributed by atoms with Crippen molar-refractivity contribution in [3.8, 4) is 0 Å². The predicted octanol–water partition coefficient (Wildman–Crippen LogP) is 2.94. The molecule has 3 aromatic rings. The van der Waals surface area contributed by atoms with E-state index < -0.39 is 0 Å². The molecule has 4 rings (SSSR count). The molecule has 0 saturated carbocycles. The van der Waals surface area contributed by atoms with Gasteiger partial charge in [0.05, 0.1) is 0 Å². The molecule has 160 valence electrons. The standard InChI is InChI=1S/C24H27N5O2/c1-18-8-6-7-11-20(18)17-28-12-14-29(15-13-28)24(31)21-16-22(27(2)26-21)25-23(30)19-9-4-3-5-10-19/h3-11,16H,12-15,17H2,1-2H3,(H,25,30). The largest absolute Gasteiger partial charge is 0.335 e. The maximum atomic E-state index is 13.0. The van der Waals surface area contributed by atoms with Gasteiger partial charge < -0.3 is 10.2 Å². The van der Waals surface area contributed by atoms with Gasteiger partial charge >= 0.3 is 0 Å². The Morgan fingerprint density at radius 3 is 2.35 bits per heavy atom. The predicted molar refractivity (Wildman–Crippen MR) is 120 cm³/mol. The van der Waals surface area contributed by atoms with E-state index in [0.29, 0.717) is 30.2 Å². The first-order valence-electron chi connectivity index (χ1n) is 10.5. The highest BCUT2D eigenvalue weighted by molar-refractivity contribution is 6.04. The molecule has 7 heteroatoms. The Kier molecular flexibility index (Phi) is 6.13. The number of aromatic nitrogens is 2. The zero-order chi connectivity index (χ0) is 21.8. The second kappa shape index (κ2) is 9.14. The summed E-state index contributed by atoms with van der Waals surface area (Å²) in [6.07, 6.45) is 0. The van der Waals surface area contributed by atoms with Gasteiger partial charge in [-0.3, -0.25) is 19.2 Å². The third kappa shape index (κ3) is 4.83. The molecule has 0 unspecified atom stereocenters. The molecule has 0 aliphatic carbocycles. The van der Waals surface area contributed by atoms with E-state index in [1.807, 2.05) is 23.1 Å². The van der Waals surface area contributed by atoms with Gasteiger partial charge in [0.15, 0.2) is 5.69 Å². The highest BCUT2D eigenvalue weighted by Crippen LogP contribution is 2.16. The summed E-state index contributed by atoms with van der Waals surface area (Å²) in [4.78, 5) is 29.6. The molecule has 2 amide bonds. The van der Waals surface area contributed by atoms with Crippen LogP contribution in [0.3, 0.4) is 0 Å². The van der Waals surface area contributed by atoms with E-state index in [1.165, 1.54) is 15.8 Å². The van der Waals surface area contributed by atoms with E-state index in [9.17, 15) is 9.59 Å². The molecule has 0 atom stereocenters. The highest BCUT2D eigenvalue weighted by atomic mass is 16.2. The minimum atomic E-state index is -0.229. The smallest absolute Gasteiger partial charge is 0.274 e. The summed E-state index contributed by atoms with van der Waals surface area (Å²) in [7, 11) is 1.72. The van der Waals surface area contributed by atoms with Crippen LogP contribution in [0.5, 0.6) is 0 Å². The van der Waals surface area contributed by atoms with Gasteiger partial charge in [-0.15, -0.1) is 0 Å². The molecular formula is C24H27N5O2. The Morgan fingerprint density at radius 1 is 0.968 bits per heavy atom. The zero-order valence-corrected chi connectivity index (χ0v) is 17.9. The van der Waals surface area contributed by atoms with Crippen molar-refractivity contribution in [2.75, 3.05) is 31.5 Å². The summed E-state index contributed by atoms with van der Waals surface area (Å²) in [5.41, 5.74) is 3.52. The number of nitrogens with zero attached hydrogens (tertiary/aromatic N) is 4. The van der Waals surface area contributed by atoms with Gasteiger partial charge in [0.25, 0.3) is 11.8 Å². The van der Waals surface area contributed by atoms with E-state index in [0.717, 1.165) is 19.6 Å². The molecule has 1 fully saturated rings. The zero-order valence-electron chi connectivity index (χ0n) is 17.9. The average molecular weight is 418 g/mol. The Morgan fingerprint density at radius 2 is 1.65 bits per heavy atom. The van der Waals surface area contributed by atoms with Gasteiger partial charge in [0.2, 0.25) is 0 Å². The summed E-state index contributed by atoms with van der Waals surface area (Å²) in [6.45, 7) is 5.99. The Bertz CT molecular complexity index is 1070. The van der Waals surface area contributed by atoms with Crippen LogP contribution in [0.1, 0.15) is 32.0 Å². The fourth-order valence-electron chi connectivity index (χ4n) is 3.77. The molecule has 1 N–H and O–H groups in total. The first-order valence-corrected chi connectivity index (χ1v) is 10.5. The second-order valence-electron chi connectivity index (χ2n) is 7.85. The normalized spacial score (nSPS) is 14.5. The minimum absolute atomic E-state index is 0.105. The number of aryl methyl sites for hydroxylation is 2. The lowest BCUT2D eigenvalue weighted by Gasteiger charge is -2.34. The van der Waals surface area contributed by atoms with Crippen molar-refractivity contribution < 1.29 is 9.59 Å². The van der Waals surface area contributed by atoms with E-state index in [1.54, 1.807) is 25.2 Å². The molecule has 2 heterocycles. The van der Waals surface area contributed by atoms with Gasteiger partial charge in [0.1, 0.15) is 5.82 Å². The van der Waals surface area contributed by atoms with Gasteiger partial charge in [0, 0.05) is 51.4 Å². The number of anilines is 1. The Labute approximate surface area is 182 Å². The van der Waals surface area contributed by atoms with E-state index >= 15 is 0 Å². The van der Waals surface area contributed by atoms with Crippen LogP contribution in [-0.4, -0.2) is 57.6 Å². The highest BCUT2D eigenvalue weighted by Gasteiger charge is 2.25. The summed E-state index contributed by atoms with van der Waals surface area (Å²) in [5.74, 6) is 0.161. The van der Waals surface area contributed by atoms with Crippen molar-refractivity contribution in [1.82, 2.24) is 19.6 Å². The summed E-state index contributed by atoms with van der Waals surface area (Å²) < 4.78 is 1.53. The van der Waals surface area contributed by atoms with Crippen LogP contribution in [-0.2, 0) is 13.6 Å². The van der Waals surface area contributed by atoms with Crippen molar-refractivity contribution in [3.05, 3.63) is 83.0 Å². The maximum absolute atomic E-state index is 13.0. The van der Waals surface area contributed by atoms with E-state index in [2.05, 4.69) is 46.5 Å². The van der Waals surface area contributed by atoms with Crippen molar-refractivity contribution in [1.29, 1.82) is 0 Å². The third-order valence-electron chi connectivity index (χ3n) is 5.69. The van der Waals surface area contributed by atoms with Crippen molar-refractivity contribution in [2.45, 2.75) is 13.5 Å². The Balaban J connectivity index is 1.35. The molecule has 1 saturated heterocycles. The monoisotopic (exact) mass is 417 g/mol. The van der Waals surface area contributed by atoms with E-state index in [4.69, 9.17) is 0 Å². The van der Waals surface area contributed by atoms with Crippen LogP contribution in [0.15, 0.2) is 60.7 Å². The van der Waals surface area contributed by atoms with E-state index in [-0.39, 0.29) is 11.8 Å². The molecular weight excluding hydrogens is 390 g/mol. The molecule has 0 radical (unpaired) electrons. The van der Waals surface area contributed by atoms with Crippen molar-refractivity contribution in [2.24, 2.45) is 7.05 Å². The molecule has 31 heavy (non-hydrogen) atoms. The molecule has 1 aromatic heterocycles. The first kappa shape index (κ1) is 20.8. The van der Waals surface area contributed by atoms with Gasteiger partial charge in [-0.1, -0.05) is 42.5 Å². The molecule has 1 aliphatic heterocycles. The van der Waals surface area contributed by atoms with Crippen LogP contribution in [0, 0.1) is 6.92 Å². The number of piperazine rings is 1. The van der Waals surface area contributed by atoms with Gasteiger partial charge in [-0.05, 0) is 30.2 Å². The van der Waals surface area contributed by atoms with Crippen LogP contribution in [0.4, 0.5) is 5.82 Å². The second-order valence-corrected chi connectivity index (χ2v) is 7.85. The molecule has 0 bridgehead atoms. The van der Waals surface area contributed by atoms with Crippen molar-refractivity contribution in [3.63, 3.8) is 0 Å². The maximum Gasteiger partial charge on any atom is 0.274 e. The summed E-state index contributed by atoms with van der Waals surface area (Å²) in [5, 5.41) is 7.15. The van der Waals surface area contributed by atoms with Crippen LogP contribution in [0.25, 0.3) is 0 Å². The van der Waals surface area contributed by atoms with Crippen molar-refractivity contribution >= 4 is 17.6 Å². The van der Waals surface area contributed by atoms with Gasteiger partial charge in [-0.2, -0.15) is 5.10 Å². The van der Waals surface area contributed by atoms with Crippen LogP contribution < -0.4 is 5.32 Å². The fraction of sp³-hybridized carbons (Fsp3) is 0.292. The number of hydrogen-bond donors (Lipinski definition) is 1. The van der Waals surface area contributed by atoms with Crippen LogP contribution >= 0.6 is 0 Å². The molecule has 2 aromatic carbocycles.